The minimum atomic E-state index is -3.61. The van der Waals surface area contributed by atoms with Crippen molar-refractivity contribution in [2.45, 2.75) is 174 Å². The average molecular weight is 762 g/mol. The molecular weight excluding hydrogens is 695 g/mol. The molecule has 0 aromatic carbocycles. The van der Waals surface area contributed by atoms with Crippen molar-refractivity contribution in [1.82, 2.24) is 26.2 Å². The van der Waals surface area contributed by atoms with Gasteiger partial charge in [-0.1, -0.05) is 66.7 Å². The lowest BCUT2D eigenvalue weighted by Crippen LogP contribution is -2.64. The Balaban J connectivity index is 1.39. The summed E-state index contributed by atoms with van der Waals surface area (Å²) < 4.78 is 25.8. The standard InChI is InChI=1S/C40H67N5O7S/c1-24(2)21-40(9,23-53(51,52)37(3,4)5)44-36(50)43-32(39(8)19-11-10-12-20-39)35(49)45-22-27-29(38(27,6)7)30(45)33(47)42-28(18-15-25-13-14-25)31(46)34(48)41-26-16-17-26/h24-30,32H,10-23H2,1-9H3,(H,41,48)(H,42,47)(H2,43,44,50)/t27-,28?,29-,30-,32+,40+/m0/s1. The molecule has 300 valence electrons. The molecule has 5 fully saturated rings. The second-order valence-electron chi connectivity index (χ2n) is 19.9. The van der Waals surface area contributed by atoms with Crippen molar-refractivity contribution in [2.75, 3.05) is 12.3 Å². The number of amides is 5. The number of Topliss-reactive ketones (excluding diaryl/α,β-unsaturated/α-hetero) is 1. The molecule has 53 heavy (non-hydrogen) atoms. The first-order chi connectivity index (χ1) is 24.5. The van der Waals surface area contributed by atoms with Crippen molar-refractivity contribution in [3.8, 4) is 0 Å². The van der Waals surface area contributed by atoms with E-state index in [9.17, 15) is 32.4 Å². The molecule has 0 radical (unpaired) electrons. The molecule has 0 aromatic heterocycles. The van der Waals surface area contributed by atoms with E-state index in [0.717, 1.165) is 51.4 Å². The summed E-state index contributed by atoms with van der Waals surface area (Å²) in [6.07, 6.45) is 9.61. The number of hydrogen-bond donors (Lipinski definition) is 4. The van der Waals surface area contributed by atoms with E-state index in [1.165, 1.54) is 0 Å². The summed E-state index contributed by atoms with van der Waals surface area (Å²) in [6.45, 7) is 17.2. The van der Waals surface area contributed by atoms with Gasteiger partial charge in [-0.05, 0) is 107 Å². The quantitative estimate of drug-likeness (QED) is 0.166. The molecule has 0 bridgehead atoms. The zero-order valence-corrected chi connectivity index (χ0v) is 34.5. The van der Waals surface area contributed by atoms with Gasteiger partial charge < -0.3 is 26.2 Å². The van der Waals surface area contributed by atoms with Gasteiger partial charge in [0.25, 0.3) is 5.91 Å². The molecule has 1 saturated heterocycles. The monoisotopic (exact) mass is 761 g/mol. The molecule has 1 heterocycles. The number of likely N-dealkylation sites (tertiary alicyclic amines) is 1. The fraction of sp³-hybridized carbons (Fsp3) is 0.875. The topological polar surface area (TPSA) is 171 Å². The summed E-state index contributed by atoms with van der Waals surface area (Å²) in [4.78, 5) is 71.3. The molecule has 1 unspecified atom stereocenters. The van der Waals surface area contributed by atoms with Gasteiger partial charge in [0, 0.05) is 12.6 Å². The first kappa shape index (κ1) is 41.5. The van der Waals surface area contributed by atoms with E-state index in [2.05, 4.69) is 35.1 Å². The fourth-order valence-electron chi connectivity index (χ4n) is 9.26. The molecule has 13 heteroatoms. The summed E-state index contributed by atoms with van der Waals surface area (Å²) >= 11 is 0. The van der Waals surface area contributed by atoms with E-state index in [-0.39, 0.29) is 40.9 Å². The van der Waals surface area contributed by atoms with Gasteiger partial charge in [-0.3, -0.25) is 19.2 Å². The molecule has 12 nitrogen and oxygen atoms in total. The fourth-order valence-corrected chi connectivity index (χ4v) is 10.7. The van der Waals surface area contributed by atoms with Crippen LogP contribution < -0.4 is 21.3 Å². The summed E-state index contributed by atoms with van der Waals surface area (Å²) in [6, 6.07) is -3.39. The zero-order valence-electron chi connectivity index (χ0n) is 33.7. The first-order valence-corrected chi connectivity index (χ1v) is 21.9. The number of rotatable bonds is 16. The third-order valence-corrected chi connectivity index (χ3v) is 15.9. The smallest absolute Gasteiger partial charge is 0.315 e. The third-order valence-electron chi connectivity index (χ3n) is 13.0. The molecule has 4 N–H and O–H groups in total. The maximum Gasteiger partial charge on any atom is 0.315 e. The summed E-state index contributed by atoms with van der Waals surface area (Å²) in [5.74, 6) is -1.81. The number of nitrogens with one attached hydrogen (secondary N) is 4. The van der Waals surface area contributed by atoms with Gasteiger partial charge in [0.1, 0.15) is 12.1 Å². The van der Waals surface area contributed by atoms with Crippen LogP contribution in [0.15, 0.2) is 0 Å². The molecule has 5 amide bonds. The van der Waals surface area contributed by atoms with Gasteiger partial charge in [0.05, 0.1) is 22.1 Å². The number of piperidine rings is 1. The van der Waals surface area contributed by atoms with Crippen LogP contribution in [-0.4, -0.2) is 89.6 Å². The number of sulfone groups is 1. The SMILES string of the molecule is CC(C)C[C@](C)(CS(=O)(=O)C(C)(C)C)NC(=O)N[C@H](C(=O)N1C[C@H]2[C@@H]([C@H]1C(=O)NC(CCC1CC1)C(=O)C(=O)NC1CC1)C2(C)C)C1(C)CCCCC1. The second kappa shape index (κ2) is 15.1. The van der Waals surface area contributed by atoms with Gasteiger partial charge in [-0.15, -0.1) is 0 Å². The number of ketones is 1. The number of carbonyl (C=O) groups excluding carboxylic acids is 5. The Morgan fingerprint density at radius 3 is 2.06 bits per heavy atom. The summed E-state index contributed by atoms with van der Waals surface area (Å²) in [5, 5.41) is 11.7. The van der Waals surface area contributed by atoms with E-state index in [4.69, 9.17) is 0 Å². The Bertz CT molecular complexity index is 1540. The molecule has 1 aliphatic heterocycles. The van der Waals surface area contributed by atoms with Gasteiger partial charge in [-0.25, -0.2) is 13.2 Å². The summed E-state index contributed by atoms with van der Waals surface area (Å²) in [5.41, 5.74) is -1.88. The van der Waals surface area contributed by atoms with Crippen LogP contribution in [0.3, 0.4) is 0 Å². The van der Waals surface area contributed by atoms with E-state index in [1.807, 2.05) is 20.8 Å². The Morgan fingerprint density at radius 2 is 1.51 bits per heavy atom. The number of fused-ring (bicyclic) bond motifs is 1. The predicted molar refractivity (Wildman–Crippen MR) is 204 cm³/mol. The van der Waals surface area contributed by atoms with Gasteiger partial charge in [-0.2, -0.15) is 0 Å². The van der Waals surface area contributed by atoms with Crippen LogP contribution in [0, 0.1) is 34.5 Å². The van der Waals surface area contributed by atoms with Gasteiger partial charge in [0.15, 0.2) is 9.84 Å². The Labute approximate surface area is 317 Å². The minimum Gasteiger partial charge on any atom is -0.347 e. The average Bonchev–Trinajstić information content (AvgIpc) is 3.99. The lowest BCUT2D eigenvalue weighted by atomic mass is 9.70. The number of hydrogen-bond acceptors (Lipinski definition) is 7. The van der Waals surface area contributed by atoms with E-state index < -0.39 is 67.3 Å². The molecule has 5 aliphatic rings. The van der Waals surface area contributed by atoms with Crippen LogP contribution in [0.25, 0.3) is 0 Å². The normalized spacial score (nSPS) is 27.1. The van der Waals surface area contributed by atoms with Crippen molar-refractivity contribution >= 4 is 39.4 Å². The molecule has 4 aliphatic carbocycles. The Hall–Kier alpha value is -2.70. The molecule has 0 aromatic rings. The zero-order chi connectivity index (χ0) is 39.3. The van der Waals surface area contributed by atoms with Crippen LogP contribution in [0.5, 0.6) is 0 Å². The molecule has 4 saturated carbocycles. The highest BCUT2D eigenvalue weighted by atomic mass is 32.2. The summed E-state index contributed by atoms with van der Waals surface area (Å²) in [7, 11) is -3.61. The highest BCUT2D eigenvalue weighted by Crippen LogP contribution is 2.65. The molecule has 5 rings (SSSR count). The van der Waals surface area contributed by atoms with Crippen LogP contribution in [0.2, 0.25) is 0 Å². The van der Waals surface area contributed by atoms with E-state index >= 15 is 0 Å². The lowest BCUT2D eigenvalue weighted by Gasteiger charge is -2.44. The van der Waals surface area contributed by atoms with Crippen LogP contribution in [0.1, 0.15) is 139 Å². The van der Waals surface area contributed by atoms with Gasteiger partial charge in [0.2, 0.25) is 17.6 Å². The van der Waals surface area contributed by atoms with Crippen LogP contribution in [-0.2, 0) is 29.0 Å². The maximum absolute atomic E-state index is 14.9. The van der Waals surface area contributed by atoms with Crippen molar-refractivity contribution in [2.24, 2.45) is 34.5 Å². The first-order valence-electron chi connectivity index (χ1n) is 20.2. The van der Waals surface area contributed by atoms with Gasteiger partial charge >= 0.3 is 6.03 Å². The molecular formula is C40H67N5O7S. The second-order valence-corrected chi connectivity index (χ2v) is 22.6. The third kappa shape index (κ3) is 9.58. The predicted octanol–water partition coefficient (Wildman–Crippen LogP) is 4.65. The van der Waals surface area contributed by atoms with Crippen molar-refractivity contribution in [3.05, 3.63) is 0 Å². The number of carbonyl (C=O) groups is 5. The highest BCUT2D eigenvalue weighted by Gasteiger charge is 2.70. The van der Waals surface area contributed by atoms with Crippen LogP contribution >= 0.6 is 0 Å². The van der Waals surface area contributed by atoms with E-state index in [1.54, 1.807) is 32.6 Å². The lowest BCUT2D eigenvalue weighted by molar-refractivity contribution is -0.146. The van der Waals surface area contributed by atoms with Crippen molar-refractivity contribution in [1.29, 1.82) is 0 Å². The van der Waals surface area contributed by atoms with Crippen molar-refractivity contribution < 1.29 is 32.4 Å². The number of nitrogens with zero attached hydrogens (tertiary/aromatic N) is 1. The van der Waals surface area contributed by atoms with E-state index in [0.29, 0.717) is 38.1 Å². The Kier molecular flexibility index (Phi) is 11.8. The molecule has 6 atom stereocenters. The van der Waals surface area contributed by atoms with Crippen molar-refractivity contribution in [3.63, 3.8) is 0 Å². The largest absolute Gasteiger partial charge is 0.347 e. The van der Waals surface area contributed by atoms with Crippen LogP contribution in [0.4, 0.5) is 4.79 Å². The Morgan fingerprint density at radius 1 is 0.887 bits per heavy atom. The maximum atomic E-state index is 14.9. The highest BCUT2D eigenvalue weighted by molar-refractivity contribution is 7.92. The number of urea groups is 1. The molecule has 0 spiro atoms. The minimum absolute atomic E-state index is 0.0103.